The van der Waals surface area contributed by atoms with Gasteiger partial charge in [0.05, 0.1) is 11.3 Å². The van der Waals surface area contributed by atoms with E-state index in [9.17, 15) is 27.2 Å². The summed E-state index contributed by atoms with van der Waals surface area (Å²) in [4.78, 5) is 28.8. The van der Waals surface area contributed by atoms with Gasteiger partial charge < -0.3 is 25.8 Å². The molecule has 2 heterocycles. The summed E-state index contributed by atoms with van der Waals surface area (Å²) in [6.07, 6.45) is -2.68. The second-order valence-corrected chi connectivity index (χ2v) is 17.2. The van der Waals surface area contributed by atoms with Crippen LogP contribution in [0.15, 0.2) is 36.5 Å². The summed E-state index contributed by atoms with van der Waals surface area (Å²) in [5, 5.41) is 6.04. The van der Waals surface area contributed by atoms with Crippen molar-refractivity contribution >= 4 is 42.5 Å². The number of nitrogens with zero attached hydrogens (tertiary/aromatic N) is 2. The standard InChI is InChI=1S/C28H35F4N5O4Si/c1-42(2,3)13-12-40-16-37-23(28(30,31)32)14-21-24(35-18-8-10-20(11-9-18)41-27(33)39)22(15-34-25(21)37)26(38)36-19-6-4-17(29)5-7-19/h4-7,14-15,18,20H,8-13,16H2,1-3H3,(H2,33,39)(H,34,35)(H,36,38). The molecular weight excluding hydrogens is 574 g/mol. The van der Waals surface area contributed by atoms with Gasteiger partial charge in [-0.25, -0.2) is 14.2 Å². The first kappa shape index (κ1) is 31.3. The number of benzene rings is 1. The second kappa shape index (κ2) is 12.7. The van der Waals surface area contributed by atoms with Gasteiger partial charge in [-0.2, -0.15) is 13.2 Å². The number of halogens is 4. The molecule has 42 heavy (non-hydrogen) atoms. The summed E-state index contributed by atoms with van der Waals surface area (Å²) in [6, 6.07) is 6.64. The molecule has 2 aromatic heterocycles. The number of carbonyl (C=O) groups excluding carboxylic acids is 2. The summed E-state index contributed by atoms with van der Waals surface area (Å²) < 4.78 is 67.8. The Hall–Kier alpha value is -3.65. The molecule has 1 aliphatic rings. The summed E-state index contributed by atoms with van der Waals surface area (Å²) in [7, 11) is -1.47. The molecule has 0 aliphatic heterocycles. The number of rotatable bonds is 10. The number of fused-ring (bicyclic) bond motifs is 1. The lowest BCUT2D eigenvalue weighted by Crippen LogP contribution is -2.33. The molecule has 9 nitrogen and oxygen atoms in total. The van der Waals surface area contributed by atoms with Gasteiger partial charge in [0.15, 0.2) is 0 Å². The van der Waals surface area contributed by atoms with E-state index in [-0.39, 0.29) is 41.2 Å². The molecule has 1 aliphatic carbocycles. The van der Waals surface area contributed by atoms with Gasteiger partial charge in [-0.1, -0.05) is 19.6 Å². The van der Waals surface area contributed by atoms with Gasteiger partial charge in [0.2, 0.25) is 0 Å². The monoisotopic (exact) mass is 609 g/mol. The van der Waals surface area contributed by atoms with Crippen molar-refractivity contribution in [3.05, 3.63) is 53.6 Å². The van der Waals surface area contributed by atoms with E-state index in [4.69, 9.17) is 15.2 Å². The van der Waals surface area contributed by atoms with E-state index in [1.165, 1.54) is 30.5 Å². The van der Waals surface area contributed by atoms with Crippen LogP contribution >= 0.6 is 0 Å². The largest absolute Gasteiger partial charge is 0.446 e. The Kier molecular flexibility index (Phi) is 9.46. The number of aromatic nitrogens is 2. The SMILES string of the molecule is C[Si](C)(C)CCOCn1c(C(F)(F)F)cc2c(NC3CCC(OC(N)=O)CC3)c(C(=O)Nc3ccc(F)cc3)cnc21. The number of ether oxygens (including phenoxy) is 2. The highest BCUT2D eigenvalue weighted by molar-refractivity contribution is 6.76. The number of nitrogens with one attached hydrogen (secondary N) is 2. The van der Waals surface area contributed by atoms with Crippen molar-refractivity contribution in [3.8, 4) is 0 Å². The lowest BCUT2D eigenvalue weighted by Gasteiger charge is -2.29. The van der Waals surface area contributed by atoms with Crippen LogP contribution in [0.3, 0.4) is 0 Å². The highest BCUT2D eigenvalue weighted by Crippen LogP contribution is 2.38. The minimum absolute atomic E-state index is 0.0157. The Morgan fingerprint density at radius 1 is 1.12 bits per heavy atom. The van der Waals surface area contributed by atoms with Gasteiger partial charge >= 0.3 is 12.3 Å². The normalized spacial score (nSPS) is 17.7. The molecule has 0 bridgehead atoms. The molecule has 14 heteroatoms. The minimum atomic E-state index is -4.71. The number of carbonyl (C=O) groups is 2. The van der Waals surface area contributed by atoms with Gasteiger partial charge in [-0.3, -0.25) is 9.36 Å². The zero-order chi connectivity index (χ0) is 30.7. The third kappa shape index (κ3) is 8.00. The zero-order valence-corrected chi connectivity index (χ0v) is 24.7. The van der Waals surface area contributed by atoms with E-state index >= 15 is 0 Å². The highest BCUT2D eigenvalue weighted by atomic mass is 28.3. The zero-order valence-electron chi connectivity index (χ0n) is 23.7. The van der Waals surface area contributed by atoms with Crippen molar-refractivity contribution in [1.29, 1.82) is 0 Å². The first-order valence-corrected chi connectivity index (χ1v) is 17.4. The van der Waals surface area contributed by atoms with Crippen LogP contribution in [0, 0.1) is 5.82 Å². The summed E-state index contributed by atoms with van der Waals surface area (Å²) >= 11 is 0. The first-order chi connectivity index (χ1) is 19.7. The fraction of sp³-hybridized carbons (Fsp3) is 0.464. The molecule has 1 saturated carbocycles. The van der Waals surface area contributed by atoms with Crippen molar-refractivity contribution in [1.82, 2.24) is 9.55 Å². The van der Waals surface area contributed by atoms with Crippen molar-refractivity contribution in [2.24, 2.45) is 5.73 Å². The number of primary amides is 1. The molecule has 0 spiro atoms. The lowest BCUT2D eigenvalue weighted by atomic mass is 9.92. The van der Waals surface area contributed by atoms with Crippen LogP contribution in [0.1, 0.15) is 41.7 Å². The number of anilines is 2. The Balaban J connectivity index is 1.71. The topological polar surface area (TPSA) is 120 Å². The van der Waals surface area contributed by atoms with Gasteiger partial charge in [0, 0.05) is 38.0 Å². The molecule has 0 atom stereocenters. The Morgan fingerprint density at radius 2 is 1.79 bits per heavy atom. The van der Waals surface area contributed by atoms with Crippen molar-refractivity contribution in [2.75, 3.05) is 17.2 Å². The number of hydrogen-bond acceptors (Lipinski definition) is 6. The van der Waals surface area contributed by atoms with Crippen LogP contribution in [-0.2, 0) is 22.4 Å². The van der Waals surface area contributed by atoms with Crippen molar-refractivity contribution < 1.29 is 36.6 Å². The molecule has 3 aromatic rings. The minimum Gasteiger partial charge on any atom is -0.446 e. The average Bonchev–Trinajstić information content (AvgIpc) is 3.28. The van der Waals surface area contributed by atoms with Crippen LogP contribution in [0.25, 0.3) is 11.0 Å². The summed E-state index contributed by atoms with van der Waals surface area (Å²) in [5.41, 5.74) is 4.71. The van der Waals surface area contributed by atoms with E-state index in [0.29, 0.717) is 38.0 Å². The molecule has 0 unspecified atom stereocenters. The summed E-state index contributed by atoms with van der Waals surface area (Å²) in [5.74, 6) is -1.11. The molecule has 4 rings (SSSR count). The highest BCUT2D eigenvalue weighted by Gasteiger charge is 2.37. The smallest absolute Gasteiger partial charge is 0.431 e. The number of pyridine rings is 1. The predicted molar refractivity (Wildman–Crippen MR) is 154 cm³/mol. The molecule has 0 saturated heterocycles. The van der Waals surface area contributed by atoms with E-state index in [2.05, 4.69) is 35.3 Å². The van der Waals surface area contributed by atoms with E-state index in [1.54, 1.807) is 0 Å². The average molecular weight is 610 g/mol. The third-order valence-corrected chi connectivity index (χ3v) is 8.79. The molecule has 4 N–H and O–H groups in total. The van der Waals surface area contributed by atoms with Crippen LogP contribution < -0.4 is 16.4 Å². The fourth-order valence-corrected chi connectivity index (χ4v) is 5.61. The van der Waals surface area contributed by atoms with Crippen molar-refractivity contribution in [3.63, 3.8) is 0 Å². The number of amides is 2. The maximum Gasteiger partial charge on any atom is 0.431 e. The van der Waals surface area contributed by atoms with E-state index in [1.807, 2.05) is 0 Å². The van der Waals surface area contributed by atoms with Gasteiger partial charge in [-0.15, -0.1) is 0 Å². The Bertz CT molecular complexity index is 1410. The predicted octanol–water partition coefficient (Wildman–Crippen LogP) is 6.58. The van der Waals surface area contributed by atoms with Crippen LogP contribution in [0.2, 0.25) is 25.7 Å². The summed E-state index contributed by atoms with van der Waals surface area (Å²) in [6.45, 7) is 6.40. The molecule has 228 valence electrons. The second-order valence-electron chi connectivity index (χ2n) is 11.6. The number of alkyl halides is 3. The molecule has 1 aromatic carbocycles. The van der Waals surface area contributed by atoms with Gasteiger partial charge in [0.1, 0.15) is 30.0 Å². The van der Waals surface area contributed by atoms with E-state index < -0.39 is 37.8 Å². The number of hydrogen-bond donors (Lipinski definition) is 3. The lowest BCUT2D eigenvalue weighted by molar-refractivity contribution is -0.145. The molecule has 0 radical (unpaired) electrons. The number of nitrogens with two attached hydrogens (primary N) is 1. The van der Waals surface area contributed by atoms with Crippen LogP contribution in [-0.4, -0.2) is 48.4 Å². The Labute approximate surface area is 241 Å². The fourth-order valence-electron chi connectivity index (χ4n) is 4.85. The molecular formula is C28H35F4N5O4Si. The third-order valence-electron chi connectivity index (χ3n) is 7.08. The van der Waals surface area contributed by atoms with Crippen molar-refractivity contribution in [2.45, 2.75) is 76.4 Å². The quantitative estimate of drug-likeness (QED) is 0.136. The van der Waals surface area contributed by atoms with Gasteiger partial charge in [0.25, 0.3) is 5.91 Å². The van der Waals surface area contributed by atoms with Crippen LogP contribution in [0.4, 0.5) is 33.7 Å². The van der Waals surface area contributed by atoms with E-state index in [0.717, 1.165) is 16.7 Å². The van der Waals surface area contributed by atoms with Crippen LogP contribution in [0.5, 0.6) is 0 Å². The molecule has 2 amide bonds. The van der Waals surface area contributed by atoms with Gasteiger partial charge in [-0.05, 0) is 62.1 Å². The maximum absolute atomic E-state index is 14.2. The maximum atomic E-state index is 14.2. The molecule has 1 fully saturated rings. The Morgan fingerprint density at radius 3 is 2.38 bits per heavy atom. The first-order valence-electron chi connectivity index (χ1n) is 13.7.